The molecule has 4 aromatic rings. The Morgan fingerprint density at radius 1 is 0.875 bits per heavy atom. The molecule has 1 N–H and O–H groups in total. The normalized spacial score (nSPS) is 11.2. The van der Waals surface area contributed by atoms with Gasteiger partial charge in [0.05, 0.1) is 16.3 Å². The van der Waals surface area contributed by atoms with Crippen molar-refractivity contribution in [3.8, 4) is 16.9 Å². The summed E-state index contributed by atoms with van der Waals surface area (Å²) in [6.07, 6.45) is 0. The standard InChI is InChI=1S/C21H12Br3N5O3/c22-13-10-16(23)19(17(24)11-13)25-26-20-18(12-6-8-15(9-7-12)29(31)32)27-28(21(20)30)14-4-2-1-3-5-14/h1-11,27H. The van der Waals surface area contributed by atoms with Crippen molar-refractivity contribution in [1.29, 1.82) is 0 Å². The fraction of sp³-hybridized carbons (Fsp3) is 0. The van der Waals surface area contributed by atoms with Crippen molar-refractivity contribution < 1.29 is 4.92 Å². The van der Waals surface area contributed by atoms with E-state index in [2.05, 4.69) is 63.1 Å². The van der Waals surface area contributed by atoms with E-state index in [0.29, 0.717) is 31.6 Å². The Morgan fingerprint density at radius 3 is 2.06 bits per heavy atom. The number of nitro benzene ring substituents is 1. The van der Waals surface area contributed by atoms with Gasteiger partial charge in [-0.2, -0.15) is 0 Å². The highest BCUT2D eigenvalue weighted by Gasteiger charge is 2.18. The number of nitrogens with one attached hydrogen (secondary N) is 1. The summed E-state index contributed by atoms with van der Waals surface area (Å²) in [6, 6.07) is 18.5. The average molecular weight is 622 g/mol. The van der Waals surface area contributed by atoms with Gasteiger partial charge in [0.1, 0.15) is 5.69 Å². The van der Waals surface area contributed by atoms with E-state index in [1.807, 2.05) is 30.3 Å². The molecule has 0 atom stereocenters. The van der Waals surface area contributed by atoms with Crippen LogP contribution in [0, 0.1) is 10.1 Å². The minimum absolute atomic E-state index is 0.0514. The van der Waals surface area contributed by atoms with Gasteiger partial charge in [-0.3, -0.25) is 20.0 Å². The molecule has 32 heavy (non-hydrogen) atoms. The molecule has 0 bridgehead atoms. The topological polar surface area (TPSA) is 106 Å². The predicted octanol–water partition coefficient (Wildman–Crippen LogP) is 7.44. The Hall–Kier alpha value is -2.89. The number of para-hydroxylation sites is 1. The van der Waals surface area contributed by atoms with Crippen LogP contribution in [-0.4, -0.2) is 14.7 Å². The number of H-pyrrole nitrogens is 1. The van der Waals surface area contributed by atoms with Gasteiger partial charge in [0.15, 0.2) is 5.69 Å². The first kappa shape index (κ1) is 22.3. The van der Waals surface area contributed by atoms with Crippen LogP contribution in [0.5, 0.6) is 0 Å². The summed E-state index contributed by atoms with van der Waals surface area (Å²) in [7, 11) is 0. The minimum Gasteiger partial charge on any atom is -0.288 e. The number of aromatic nitrogens is 2. The lowest BCUT2D eigenvalue weighted by Gasteiger charge is -2.02. The van der Waals surface area contributed by atoms with Crippen LogP contribution in [0.3, 0.4) is 0 Å². The highest BCUT2D eigenvalue weighted by atomic mass is 79.9. The van der Waals surface area contributed by atoms with Crippen molar-refractivity contribution in [3.63, 3.8) is 0 Å². The summed E-state index contributed by atoms with van der Waals surface area (Å²) >= 11 is 10.3. The van der Waals surface area contributed by atoms with E-state index in [9.17, 15) is 14.9 Å². The van der Waals surface area contributed by atoms with Crippen molar-refractivity contribution in [1.82, 2.24) is 9.78 Å². The first-order valence-corrected chi connectivity index (χ1v) is 11.4. The number of rotatable bonds is 5. The zero-order valence-electron chi connectivity index (χ0n) is 16.0. The van der Waals surface area contributed by atoms with E-state index < -0.39 is 10.5 Å². The Labute approximate surface area is 206 Å². The van der Waals surface area contributed by atoms with Gasteiger partial charge in [-0.05, 0) is 68.3 Å². The Kier molecular flexibility index (Phi) is 6.49. The molecule has 0 aliphatic carbocycles. The third kappa shape index (κ3) is 4.50. The van der Waals surface area contributed by atoms with Gasteiger partial charge in [-0.15, -0.1) is 10.2 Å². The zero-order chi connectivity index (χ0) is 22.8. The summed E-state index contributed by atoms with van der Waals surface area (Å²) in [6.45, 7) is 0. The lowest BCUT2D eigenvalue weighted by molar-refractivity contribution is -0.384. The lowest BCUT2D eigenvalue weighted by atomic mass is 10.1. The van der Waals surface area contributed by atoms with Gasteiger partial charge >= 0.3 is 0 Å². The van der Waals surface area contributed by atoms with Gasteiger partial charge in [-0.25, -0.2) is 4.68 Å². The molecule has 1 heterocycles. The van der Waals surface area contributed by atoms with E-state index in [-0.39, 0.29) is 11.4 Å². The molecular weight excluding hydrogens is 610 g/mol. The summed E-state index contributed by atoms with van der Waals surface area (Å²) in [5.74, 6) is 0. The van der Waals surface area contributed by atoms with Gasteiger partial charge in [0.25, 0.3) is 11.2 Å². The molecule has 0 radical (unpaired) electrons. The average Bonchev–Trinajstić information content (AvgIpc) is 3.10. The van der Waals surface area contributed by atoms with Crippen molar-refractivity contribution in [3.05, 3.63) is 101 Å². The van der Waals surface area contributed by atoms with Gasteiger partial charge in [0.2, 0.25) is 0 Å². The van der Waals surface area contributed by atoms with Gasteiger partial charge in [-0.1, -0.05) is 34.1 Å². The van der Waals surface area contributed by atoms with E-state index >= 15 is 0 Å². The second kappa shape index (κ2) is 9.31. The fourth-order valence-electron chi connectivity index (χ4n) is 2.96. The van der Waals surface area contributed by atoms with Crippen LogP contribution in [0.25, 0.3) is 16.9 Å². The van der Waals surface area contributed by atoms with Crippen LogP contribution >= 0.6 is 47.8 Å². The quantitative estimate of drug-likeness (QED) is 0.142. The molecule has 160 valence electrons. The van der Waals surface area contributed by atoms with Crippen LogP contribution in [0.4, 0.5) is 17.1 Å². The van der Waals surface area contributed by atoms with Crippen LogP contribution in [0.1, 0.15) is 0 Å². The van der Waals surface area contributed by atoms with Crippen molar-refractivity contribution in [2.45, 2.75) is 0 Å². The van der Waals surface area contributed by atoms with Crippen molar-refractivity contribution in [2.24, 2.45) is 10.2 Å². The third-order valence-electron chi connectivity index (χ3n) is 4.48. The number of hydrogen-bond acceptors (Lipinski definition) is 5. The second-order valence-corrected chi connectivity index (χ2v) is 9.16. The number of hydrogen-bond donors (Lipinski definition) is 1. The molecule has 8 nitrogen and oxygen atoms in total. The van der Waals surface area contributed by atoms with Crippen LogP contribution in [0.15, 0.2) is 95.2 Å². The number of nitrogens with zero attached hydrogens (tertiary/aromatic N) is 4. The molecule has 11 heteroatoms. The molecule has 1 aromatic heterocycles. The maximum Gasteiger partial charge on any atom is 0.299 e. The molecule has 0 amide bonds. The maximum atomic E-state index is 13.2. The molecule has 4 rings (SSSR count). The molecule has 0 saturated carbocycles. The molecule has 0 aliphatic heterocycles. The fourth-order valence-corrected chi connectivity index (χ4v) is 5.38. The molecule has 0 fully saturated rings. The monoisotopic (exact) mass is 619 g/mol. The highest BCUT2D eigenvalue weighted by Crippen LogP contribution is 2.38. The van der Waals surface area contributed by atoms with Crippen LogP contribution < -0.4 is 5.56 Å². The Balaban J connectivity index is 1.88. The Morgan fingerprint density at radius 2 is 1.47 bits per heavy atom. The summed E-state index contributed by atoms with van der Waals surface area (Å²) < 4.78 is 3.56. The van der Waals surface area contributed by atoms with E-state index in [4.69, 9.17) is 0 Å². The molecule has 0 unspecified atom stereocenters. The van der Waals surface area contributed by atoms with Crippen LogP contribution in [0.2, 0.25) is 0 Å². The molecule has 0 spiro atoms. The van der Waals surface area contributed by atoms with Crippen molar-refractivity contribution >= 4 is 64.9 Å². The Bertz CT molecular complexity index is 1370. The van der Waals surface area contributed by atoms with Gasteiger partial charge in [0, 0.05) is 31.1 Å². The predicted molar refractivity (Wildman–Crippen MR) is 132 cm³/mol. The number of nitro groups is 1. The summed E-state index contributed by atoms with van der Waals surface area (Å²) in [5, 5.41) is 22.6. The zero-order valence-corrected chi connectivity index (χ0v) is 20.8. The summed E-state index contributed by atoms with van der Waals surface area (Å²) in [4.78, 5) is 23.7. The molecule has 0 aliphatic rings. The van der Waals surface area contributed by atoms with Crippen molar-refractivity contribution in [2.75, 3.05) is 0 Å². The number of halogens is 3. The third-order valence-corrected chi connectivity index (χ3v) is 6.15. The largest absolute Gasteiger partial charge is 0.299 e. The van der Waals surface area contributed by atoms with E-state index in [0.717, 1.165) is 4.47 Å². The smallest absolute Gasteiger partial charge is 0.288 e. The molecular formula is C21H12Br3N5O3. The maximum absolute atomic E-state index is 13.2. The summed E-state index contributed by atoms with van der Waals surface area (Å²) in [5.41, 5.74) is 1.70. The molecule has 0 saturated heterocycles. The van der Waals surface area contributed by atoms with Gasteiger partial charge < -0.3 is 0 Å². The first-order valence-electron chi connectivity index (χ1n) is 9.06. The number of aromatic amines is 1. The minimum atomic E-state index is -0.481. The highest BCUT2D eigenvalue weighted by molar-refractivity contribution is 9.11. The SMILES string of the molecule is O=c1c(N=Nc2c(Br)cc(Br)cc2Br)c(-c2ccc([N+](=O)[O-])cc2)[nH]n1-c1ccccc1. The number of azo groups is 1. The first-order chi connectivity index (χ1) is 15.3. The van der Waals surface area contributed by atoms with E-state index in [1.54, 1.807) is 24.3 Å². The van der Waals surface area contributed by atoms with Crippen LogP contribution in [-0.2, 0) is 0 Å². The number of benzene rings is 3. The second-order valence-electron chi connectivity index (χ2n) is 6.53. The lowest BCUT2D eigenvalue weighted by Crippen LogP contribution is -2.13. The number of non-ortho nitro benzene ring substituents is 1. The molecule has 3 aromatic carbocycles. The van der Waals surface area contributed by atoms with E-state index in [1.165, 1.54) is 16.8 Å².